The van der Waals surface area contributed by atoms with E-state index in [0.29, 0.717) is 37.7 Å². The molecule has 0 bridgehead atoms. The SMILES string of the molecule is Cc1ccc(Cl)cc1N1CCN(C(=O)CCc2nc3sc4c(c3c(=O)[nH]2)CCC(C)C4)CC1. The maximum Gasteiger partial charge on any atom is 0.259 e. The first-order valence-corrected chi connectivity index (χ1v) is 12.9. The maximum absolute atomic E-state index is 12.8. The van der Waals surface area contributed by atoms with Crippen LogP contribution in [0.25, 0.3) is 10.2 Å². The third kappa shape index (κ3) is 4.53. The summed E-state index contributed by atoms with van der Waals surface area (Å²) in [7, 11) is 0. The van der Waals surface area contributed by atoms with Gasteiger partial charge in [-0.15, -0.1) is 11.3 Å². The van der Waals surface area contributed by atoms with Gasteiger partial charge in [0.2, 0.25) is 5.91 Å². The van der Waals surface area contributed by atoms with E-state index >= 15 is 0 Å². The van der Waals surface area contributed by atoms with Gasteiger partial charge in [-0.25, -0.2) is 4.98 Å². The molecule has 0 saturated carbocycles. The van der Waals surface area contributed by atoms with Gasteiger partial charge in [-0.3, -0.25) is 9.59 Å². The van der Waals surface area contributed by atoms with Crippen molar-refractivity contribution in [1.29, 1.82) is 0 Å². The van der Waals surface area contributed by atoms with Crippen molar-refractivity contribution >= 4 is 44.7 Å². The van der Waals surface area contributed by atoms with Gasteiger partial charge in [-0.1, -0.05) is 24.6 Å². The quantitative estimate of drug-likeness (QED) is 0.597. The summed E-state index contributed by atoms with van der Waals surface area (Å²) in [4.78, 5) is 39.6. The molecule has 1 saturated heterocycles. The number of benzene rings is 1. The molecule has 3 aromatic rings. The zero-order chi connectivity index (χ0) is 23.1. The predicted molar refractivity (Wildman–Crippen MR) is 135 cm³/mol. The van der Waals surface area contributed by atoms with Crippen LogP contribution in [0.5, 0.6) is 0 Å². The van der Waals surface area contributed by atoms with Gasteiger partial charge in [-0.2, -0.15) is 0 Å². The second-order valence-electron chi connectivity index (χ2n) is 9.34. The van der Waals surface area contributed by atoms with Crippen LogP contribution in [0.4, 0.5) is 5.69 Å². The summed E-state index contributed by atoms with van der Waals surface area (Å²) >= 11 is 7.83. The number of fused-ring (bicyclic) bond motifs is 3. The number of thiophene rings is 1. The number of hydrogen-bond donors (Lipinski definition) is 1. The lowest BCUT2D eigenvalue weighted by Gasteiger charge is -2.37. The van der Waals surface area contributed by atoms with Crippen LogP contribution in [-0.2, 0) is 24.1 Å². The number of aromatic nitrogens is 2. The van der Waals surface area contributed by atoms with Gasteiger partial charge in [0.1, 0.15) is 10.7 Å². The molecule has 174 valence electrons. The highest BCUT2D eigenvalue weighted by molar-refractivity contribution is 7.18. The van der Waals surface area contributed by atoms with Crippen LogP contribution in [-0.4, -0.2) is 47.0 Å². The van der Waals surface area contributed by atoms with Crippen LogP contribution in [0.3, 0.4) is 0 Å². The van der Waals surface area contributed by atoms with E-state index in [9.17, 15) is 9.59 Å². The molecule has 6 nitrogen and oxygen atoms in total. The summed E-state index contributed by atoms with van der Waals surface area (Å²) in [5.41, 5.74) is 3.46. The number of amides is 1. The summed E-state index contributed by atoms with van der Waals surface area (Å²) < 4.78 is 0. The monoisotopic (exact) mass is 484 g/mol. The minimum Gasteiger partial charge on any atom is -0.368 e. The highest BCUT2D eigenvalue weighted by atomic mass is 35.5. The summed E-state index contributed by atoms with van der Waals surface area (Å²) in [6.07, 6.45) is 3.92. The first-order valence-electron chi connectivity index (χ1n) is 11.7. The normalized spacial score (nSPS) is 18.6. The van der Waals surface area contributed by atoms with Gasteiger partial charge in [0.25, 0.3) is 5.56 Å². The van der Waals surface area contributed by atoms with Crippen LogP contribution >= 0.6 is 22.9 Å². The van der Waals surface area contributed by atoms with Crippen LogP contribution in [0.1, 0.15) is 41.6 Å². The molecular formula is C25H29ClN4O2S. The Morgan fingerprint density at radius 3 is 2.85 bits per heavy atom. The highest BCUT2D eigenvalue weighted by Gasteiger charge is 2.24. The number of aryl methyl sites for hydroxylation is 3. The Kier molecular flexibility index (Phi) is 6.18. The zero-order valence-electron chi connectivity index (χ0n) is 19.1. The Hall–Kier alpha value is -2.38. The number of anilines is 1. The molecule has 8 heteroatoms. The van der Waals surface area contributed by atoms with E-state index in [1.807, 2.05) is 23.1 Å². The Morgan fingerprint density at radius 1 is 1.27 bits per heavy atom. The molecule has 33 heavy (non-hydrogen) atoms. The molecule has 1 unspecified atom stereocenters. The lowest BCUT2D eigenvalue weighted by atomic mass is 9.89. The van der Waals surface area contributed by atoms with Crippen LogP contribution in [0, 0.1) is 12.8 Å². The number of carbonyl (C=O) groups is 1. The first-order chi connectivity index (χ1) is 15.9. The molecule has 1 aromatic carbocycles. The van der Waals surface area contributed by atoms with Gasteiger partial charge in [0.15, 0.2) is 0 Å². The molecule has 1 fully saturated rings. The fourth-order valence-electron chi connectivity index (χ4n) is 5.02. The minimum atomic E-state index is -0.0555. The number of carbonyl (C=O) groups excluding carboxylic acids is 1. The van der Waals surface area contributed by atoms with E-state index in [0.717, 1.165) is 53.3 Å². The number of aromatic amines is 1. The second kappa shape index (κ2) is 9.11. The number of nitrogens with zero attached hydrogens (tertiary/aromatic N) is 3. The molecule has 2 aromatic heterocycles. The van der Waals surface area contributed by atoms with Gasteiger partial charge in [0, 0.05) is 54.6 Å². The van der Waals surface area contributed by atoms with Crippen molar-refractivity contribution in [2.45, 2.75) is 46.0 Å². The summed E-state index contributed by atoms with van der Waals surface area (Å²) in [6.45, 7) is 7.28. The number of halogens is 1. The molecule has 1 atom stereocenters. The molecule has 5 rings (SSSR count). The number of H-pyrrole nitrogens is 1. The second-order valence-corrected chi connectivity index (χ2v) is 10.9. The molecule has 0 spiro atoms. The Morgan fingerprint density at radius 2 is 2.06 bits per heavy atom. The maximum atomic E-state index is 12.8. The molecule has 1 aliphatic carbocycles. The van der Waals surface area contributed by atoms with Crippen molar-refractivity contribution < 1.29 is 4.79 Å². The zero-order valence-corrected chi connectivity index (χ0v) is 20.7. The molecular weight excluding hydrogens is 456 g/mol. The molecule has 1 aliphatic heterocycles. The molecule has 1 amide bonds. The summed E-state index contributed by atoms with van der Waals surface area (Å²) in [5, 5.41) is 1.50. The van der Waals surface area contributed by atoms with Crippen molar-refractivity contribution in [3.63, 3.8) is 0 Å². The predicted octanol–water partition coefficient (Wildman–Crippen LogP) is 4.35. The largest absolute Gasteiger partial charge is 0.368 e. The molecule has 2 aliphatic rings. The lowest BCUT2D eigenvalue weighted by Crippen LogP contribution is -2.49. The molecule has 0 radical (unpaired) electrons. The lowest BCUT2D eigenvalue weighted by molar-refractivity contribution is -0.131. The Bertz CT molecular complexity index is 1260. The average molecular weight is 485 g/mol. The Labute approximate surface area is 202 Å². The summed E-state index contributed by atoms with van der Waals surface area (Å²) in [5.74, 6) is 1.38. The number of nitrogens with one attached hydrogen (secondary N) is 1. The van der Waals surface area contributed by atoms with Crippen molar-refractivity contribution in [2.24, 2.45) is 5.92 Å². The topological polar surface area (TPSA) is 69.3 Å². The third-order valence-corrected chi connectivity index (χ3v) is 8.32. The van der Waals surface area contributed by atoms with E-state index in [2.05, 4.69) is 23.7 Å². The fourth-order valence-corrected chi connectivity index (χ4v) is 6.58. The van der Waals surface area contributed by atoms with Crippen molar-refractivity contribution in [3.05, 3.63) is 55.4 Å². The smallest absolute Gasteiger partial charge is 0.259 e. The summed E-state index contributed by atoms with van der Waals surface area (Å²) in [6, 6.07) is 5.93. The van der Waals surface area contributed by atoms with E-state index in [1.54, 1.807) is 11.3 Å². The first kappa shape index (κ1) is 22.4. The molecule has 1 N–H and O–H groups in total. The van der Waals surface area contributed by atoms with Crippen LogP contribution in [0.2, 0.25) is 5.02 Å². The van der Waals surface area contributed by atoms with Crippen molar-refractivity contribution in [3.8, 4) is 0 Å². The number of hydrogen-bond acceptors (Lipinski definition) is 5. The number of rotatable bonds is 4. The standard InChI is InChI=1S/C25H29ClN4O2S/c1-15-3-6-18-20(13-15)33-25-23(18)24(32)27-21(28-25)7-8-22(31)30-11-9-29(10-12-30)19-14-17(26)5-4-16(19)2/h4-5,14-15H,3,6-13H2,1-2H3,(H,27,28,32). The van der Waals surface area contributed by atoms with E-state index in [1.165, 1.54) is 16.0 Å². The van der Waals surface area contributed by atoms with Gasteiger partial charge >= 0.3 is 0 Å². The van der Waals surface area contributed by atoms with Crippen LogP contribution in [0.15, 0.2) is 23.0 Å². The van der Waals surface area contributed by atoms with Crippen molar-refractivity contribution in [1.82, 2.24) is 14.9 Å². The van der Waals surface area contributed by atoms with E-state index < -0.39 is 0 Å². The van der Waals surface area contributed by atoms with Gasteiger partial charge in [-0.05, 0) is 55.4 Å². The van der Waals surface area contributed by atoms with E-state index in [-0.39, 0.29) is 11.5 Å². The third-order valence-electron chi connectivity index (χ3n) is 6.93. The minimum absolute atomic E-state index is 0.0555. The fraction of sp³-hybridized carbons (Fsp3) is 0.480. The van der Waals surface area contributed by atoms with Crippen molar-refractivity contribution in [2.75, 3.05) is 31.1 Å². The number of piperazine rings is 1. The van der Waals surface area contributed by atoms with Gasteiger partial charge < -0.3 is 14.8 Å². The highest BCUT2D eigenvalue weighted by Crippen LogP contribution is 2.35. The van der Waals surface area contributed by atoms with E-state index in [4.69, 9.17) is 16.6 Å². The Balaban J connectivity index is 1.22. The van der Waals surface area contributed by atoms with Crippen LogP contribution < -0.4 is 10.5 Å². The molecule has 3 heterocycles. The van der Waals surface area contributed by atoms with Gasteiger partial charge in [0.05, 0.1) is 5.39 Å². The average Bonchev–Trinajstić information content (AvgIpc) is 3.17.